The van der Waals surface area contributed by atoms with Crippen LogP contribution < -0.4 is 10.5 Å². The van der Waals surface area contributed by atoms with E-state index in [-0.39, 0.29) is 11.8 Å². The Morgan fingerprint density at radius 3 is 2.57 bits per heavy atom. The van der Waals surface area contributed by atoms with Crippen LogP contribution in [0, 0.1) is 0 Å². The lowest BCUT2D eigenvalue weighted by molar-refractivity contribution is 0.368. The molecule has 0 aliphatic heterocycles. The van der Waals surface area contributed by atoms with Crippen molar-refractivity contribution >= 4 is 0 Å². The molecule has 3 heteroatoms. The molecule has 1 atom stereocenters. The summed E-state index contributed by atoms with van der Waals surface area (Å²) in [6, 6.07) is 3.57. The van der Waals surface area contributed by atoms with Gasteiger partial charge in [-0.25, -0.2) is 0 Å². The van der Waals surface area contributed by atoms with Crippen molar-refractivity contribution in [3.8, 4) is 11.5 Å². The Hall–Kier alpha value is -1.22. The van der Waals surface area contributed by atoms with E-state index in [4.69, 9.17) is 10.5 Å². The molecule has 0 amide bonds. The summed E-state index contributed by atoms with van der Waals surface area (Å²) in [6.45, 7) is 3.89. The largest absolute Gasteiger partial charge is 0.504 e. The normalized spacial score (nSPS) is 12.6. The van der Waals surface area contributed by atoms with Crippen LogP contribution in [-0.2, 0) is 6.42 Å². The zero-order chi connectivity index (χ0) is 10.7. The summed E-state index contributed by atoms with van der Waals surface area (Å²) in [4.78, 5) is 0. The lowest BCUT2D eigenvalue weighted by Gasteiger charge is -2.13. The summed E-state index contributed by atoms with van der Waals surface area (Å²) in [7, 11) is 1.54. The van der Waals surface area contributed by atoms with Gasteiger partial charge in [0.1, 0.15) is 0 Å². The number of nitrogens with two attached hydrogens (primary N) is 1. The SMILES string of the molecule is CCc1cc(OC)c(O)c(C(C)N)c1. The second-order valence-electron chi connectivity index (χ2n) is 3.38. The third kappa shape index (κ3) is 1.99. The molecule has 0 aromatic heterocycles. The number of aromatic hydroxyl groups is 1. The van der Waals surface area contributed by atoms with E-state index < -0.39 is 0 Å². The van der Waals surface area contributed by atoms with Gasteiger partial charge in [0, 0.05) is 11.6 Å². The van der Waals surface area contributed by atoms with Crippen LogP contribution in [0.1, 0.15) is 31.0 Å². The topological polar surface area (TPSA) is 55.5 Å². The van der Waals surface area contributed by atoms with E-state index in [1.807, 2.05) is 19.1 Å². The van der Waals surface area contributed by atoms with E-state index in [0.29, 0.717) is 5.75 Å². The molecule has 1 aromatic rings. The van der Waals surface area contributed by atoms with Gasteiger partial charge in [-0.1, -0.05) is 13.0 Å². The molecular weight excluding hydrogens is 178 g/mol. The van der Waals surface area contributed by atoms with Gasteiger partial charge in [-0.15, -0.1) is 0 Å². The van der Waals surface area contributed by atoms with Crippen molar-refractivity contribution in [3.05, 3.63) is 23.3 Å². The van der Waals surface area contributed by atoms with E-state index >= 15 is 0 Å². The molecule has 3 N–H and O–H groups in total. The highest BCUT2D eigenvalue weighted by molar-refractivity contribution is 5.49. The van der Waals surface area contributed by atoms with Crippen LogP contribution >= 0.6 is 0 Å². The van der Waals surface area contributed by atoms with Crippen molar-refractivity contribution in [1.82, 2.24) is 0 Å². The first-order chi connectivity index (χ1) is 6.60. The maximum absolute atomic E-state index is 9.77. The number of aryl methyl sites for hydroxylation is 1. The Bertz CT molecular complexity index is 321. The molecule has 78 valence electrons. The zero-order valence-corrected chi connectivity index (χ0v) is 8.87. The van der Waals surface area contributed by atoms with Crippen LogP contribution in [-0.4, -0.2) is 12.2 Å². The van der Waals surface area contributed by atoms with Gasteiger partial charge < -0.3 is 15.6 Å². The second kappa shape index (κ2) is 4.33. The third-order valence-corrected chi connectivity index (χ3v) is 2.28. The van der Waals surface area contributed by atoms with Crippen LogP contribution in [0.25, 0.3) is 0 Å². The Kier molecular flexibility index (Phi) is 3.36. The molecule has 0 bridgehead atoms. The van der Waals surface area contributed by atoms with E-state index in [0.717, 1.165) is 17.5 Å². The number of hydrogen-bond donors (Lipinski definition) is 2. The van der Waals surface area contributed by atoms with Crippen molar-refractivity contribution < 1.29 is 9.84 Å². The van der Waals surface area contributed by atoms with Crippen LogP contribution in [0.2, 0.25) is 0 Å². The van der Waals surface area contributed by atoms with Crippen molar-refractivity contribution in [2.45, 2.75) is 26.3 Å². The molecule has 0 heterocycles. The standard InChI is InChI=1S/C11H17NO2/c1-4-8-5-9(7(2)12)11(13)10(6-8)14-3/h5-7,13H,4,12H2,1-3H3. The molecular formula is C11H17NO2. The first-order valence-electron chi connectivity index (χ1n) is 4.75. The maximum atomic E-state index is 9.77. The Morgan fingerprint density at radius 1 is 1.50 bits per heavy atom. The quantitative estimate of drug-likeness (QED) is 0.775. The van der Waals surface area contributed by atoms with Gasteiger partial charge in [0.15, 0.2) is 11.5 Å². The predicted octanol–water partition coefficient (Wildman–Crippen LogP) is 1.98. The monoisotopic (exact) mass is 195 g/mol. The summed E-state index contributed by atoms with van der Waals surface area (Å²) in [6.07, 6.45) is 0.899. The molecule has 0 fully saturated rings. The highest BCUT2D eigenvalue weighted by Gasteiger charge is 2.12. The number of ether oxygens (including phenoxy) is 1. The Balaban J connectivity index is 3.27. The lowest BCUT2D eigenvalue weighted by atomic mass is 10.0. The van der Waals surface area contributed by atoms with Gasteiger partial charge in [0.2, 0.25) is 0 Å². The number of hydrogen-bond acceptors (Lipinski definition) is 3. The summed E-state index contributed by atoms with van der Waals surface area (Å²) >= 11 is 0. The molecule has 0 radical (unpaired) electrons. The maximum Gasteiger partial charge on any atom is 0.162 e. The first kappa shape index (κ1) is 10.9. The van der Waals surface area contributed by atoms with Gasteiger partial charge in [-0.2, -0.15) is 0 Å². The van der Waals surface area contributed by atoms with E-state index in [1.54, 1.807) is 7.11 Å². The van der Waals surface area contributed by atoms with Crippen molar-refractivity contribution in [2.75, 3.05) is 7.11 Å². The van der Waals surface area contributed by atoms with Gasteiger partial charge in [-0.05, 0) is 25.0 Å². The molecule has 3 nitrogen and oxygen atoms in total. The summed E-state index contributed by atoms with van der Waals surface area (Å²) in [5.74, 6) is 0.649. The second-order valence-corrected chi connectivity index (χ2v) is 3.38. The van der Waals surface area contributed by atoms with E-state index in [2.05, 4.69) is 6.92 Å². The molecule has 1 aromatic carbocycles. The molecule has 14 heavy (non-hydrogen) atoms. The van der Waals surface area contributed by atoms with Gasteiger partial charge >= 0.3 is 0 Å². The van der Waals surface area contributed by atoms with Crippen LogP contribution in [0.4, 0.5) is 0 Å². The molecule has 0 aliphatic carbocycles. The minimum Gasteiger partial charge on any atom is -0.504 e. The average molecular weight is 195 g/mol. The number of phenols is 1. The Labute approximate surface area is 84.5 Å². The fourth-order valence-electron chi connectivity index (χ4n) is 1.40. The molecule has 1 unspecified atom stereocenters. The molecule has 0 saturated carbocycles. The lowest BCUT2D eigenvalue weighted by Crippen LogP contribution is -2.06. The van der Waals surface area contributed by atoms with Crippen molar-refractivity contribution in [3.63, 3.8) is 0 Å². The van der Waals surface area contributed by atoms with E-state index in [9.17, 15) is 5.11 Å². The highest BCUT2D eigenvalue weighted by atomic mass is 16.5. The number of phenolic OH excluding ortho intramolecular Hbond substituents is 1. The third-order valence-electron chi connectivity index (χ3n) is 2.28. The average Bonchev–Trinajstić information content (AvgIpc) is 2.17. The van der Waals surface area contributed by atoms with Crippen molar-refractivity contribution in [2.24, 2.45) is 5.73 Å². The van der Waals surface area contributed by atoms with E-state index in [1.165, 1.54) is 0 Å². The van der Waals surface area contributed by atoms with Crippen molar-refractivity contribution in [1.29, 1.82) is 0 Å². The molecule has 1 rings (SSSR count). The number of rotatable bonds is 3. The first-order valence-corrected chi connectivity index (χ1v) is 4.75. The minimum atomic E-state index is -0.185. The molecule has 0 aliphatic rings. The number of methoxy groups -OCH3 is 1. The molecule has 0 saturated heterocycles. The van der Waals surface area contributed by atoms with Gasteiger partial charge in [0.05, 0.1) is 7.11 Å². The van der Waals surface area contributed by atoms with Gasteiger partial charge in [0.25, 0.3) is 0 Å². The fourth-order valence-corrected chi connectivity index (χ4v) is 1.40. The minimum absolute atomic E-state index is 0.153. The predicted molar refractivity (Wildman–Crippen MR) is 56.6 cm³/mol. The fraction of sp³-hybridized carbons (Fsp3) is 0.455. The summed E-state index contributed by atoms with van der Waals surface area (Å²) in [5, 5.41) is 9.77. The van der Waals surface area contributed by atoms with Crippen LogP contribution in [0.15, 0.2) is 12.1 Å². The van der Waals surface area contributed by atoms with Crippen LogP contribution in [0.3, 0.4) is 0 Å². The number of benzene rings is 1. The smallest absolute Gasteiger partial charge is 0.162 e. The zero-order valence-electron chi connectivity index (χ0n) is 8.87. The Morgan fingerprint density at radius 2 is 2.14 bits per heavy atom. The van der Waals surface area contributed by atoms with Crippen LogP contribution in [0.5, 0.6) is 11.5 Å². The molecule has 0 spiro atoms. The summed E-state index contributed by atoms with van der Waals surface area (Å²) in [5.41, 5.74) is 7.60. The van der Waals surface area contributed by atoms with Gasteiger partial charge in [-0.3, -0.25) is 0 Å². The summed E-state index contributed by atoms with van der Waals surface area (Å²) < 4.78 is 5.07. The highest BCUT2D eigenvalue weighted by Crippen LogP contribution is 2.34.